The Hall–Kier alpha value is -0.340. The Kier molecular flexibility index (Phi) is 10.3. The van der Waals surface area contributed by atoms with E-state index in [1.54, 1.807) is 13.3 Å². The molecule has 19 heavy (non-hydrogen) atoms. The predicted molar refractivity (Wildman–Crippen MR) is 81.0 cm³/mol. The molecule has 0 aliphatic rings. The summed E-state index contributed by atoms with van der Waals surface area (Å²) in [7, 11) is -2.35. The van der Waals surface area contributed by atoms with Crippen molar-refractivity contribution < 1.29 is 13.9 Å². The van der Waals surface area contributed by atoms with E-state index in [4.69, 9.17) is 4.52 Å². The molecule has 0 aliphatic carbocycles. The molecule has 0 radical (unpaired) electrons. The lowest BCUT2D eigenvalue weighted by molar-refractivity contribution is -0.125. The van der Waals surface area contributed by atoms with Crippen LogP contribution in [0.4, 0.5) is 0 Å². The molecule has 0 aromatic carbocycles. The standard InChI is InChI=1S/C14H30NO3P/c1-5-9-13(10-6-2)14(16)15-11-7-8-12-18-19(3,4)17/h13H,5-12H2,1-4H3,(H,15,16). The third-order valence-electron chi connectivity index (χ3n) is 2.92. The zero-order valence-corrected chi connectivity index (χ0v) is 13.8. The van der Waals surface area contributed by atoms with Gasteiger partial charge in [0.25, 0.3) is 0 Å². The Morgan fingerprint density at radius 3 is 2.21 bits per heavy atom. The second-order valence-electron chi connectivity index (χ2n) is 5.36. The van der Waals surface area contributed by atoms with Crippen LogP contribution in [-0.2, 0) is 13.9 Å². The molecular formula is C14H30NO3P. The molecule has 0 unspecified atom stereocenters. The van der Waals surface area contributed by atoms with Gasteiger partial charge in [-0.05, 0) is 25.7 Å². The molecule has 4 nitrogen and oxygen atoms in total. The summed E-state index contributed by atoms with van der Waals surface area (Å²) in [6, 6.07) is 0. The van der Waals surface area contributed by atoms with E-state index in [1.165, 1.54) is 0 Å². The highest BCUT2D eigenvalue weighted by Gasteiger charge is 2.15. The number of carbonyl (C=O) groups is 1. The van der Waals surface area contributed by atoms with Crippen LogP contribution in [0.25, 0.3) is 0 Å². The summed E-state index contributed by atoms with van der Waals surface area (Å²) in [6.07, 6.45) is 5.74. The molecular weight excluding hydrogens is 261 g/mol. The molecule has 0 heterocycles. The largest absolute Gasteiger partial charge is 0.356 e. The first-order chi connectivity index (χ1) is 8.90. The summed E-state index contributed by atoms with van der Waals surface area (Å²) in [5.41, 5.74) is 0. The van der Waals surface area contributed by atoms with Gasteiger partial charge in [0.1, 0.15) is 0 Å². The van der Waals surface area contributed by atoms with Crippen molar-refractivity contribution in [2.75, 3.05) is 26.5 Å². The van der Waals surface area contributed by atoms with Crippen LogP contribution in [0.2, 0.25) is 0 Å². The van der Waals surface area contributed by atoms with Crippen LogP contribution in [0.5, 0.6) is 0 Å². The van der Waals surface area contributed by atoms with Crippen LogP contribution in [0.15, 0.2) is 0 Å². The van der Waals surface area contributed by atoms with Crippen LogP contribution in [0, 0.1) is 5.92 Å². The van der Waals surface area contributed by atoms with Crippen molar-refractivity contribution in [3.05, 3.63) is 0 Å². The summed E-state index contributed by atoms with van der Waals surface area (Å²) in [6.45, 7) is 8.66. The Labute approximate surface area is 118 Å². The van der Waals surface area contributed by atoms with Crippen molar-refractivity contribution in [1.29, 1.82) is 0 Å². The highest BCUT2D eigenvalue weighted by atomic mass is 31.2. The summed E-state index contributed by atoms with van der Waals surface area (Å²) in [4.78, 5) is 11.9. The van der Waals surface area contributed by atoms with Crippen molar-refractivity contribution >= 4 is 13.3 Å². The average molecular weight is 291 g/mol. The summed E-state index contributed by atoms with van der Waals surface area (Å²) in [5, 5.41) is 2.99. The molecule has 1 amide bonds. The SMILES string of the molecule is CCCC(CCC)C(=O)NCCCCOP(C)(C)=O. The van der Waals surface area contributed by atoms with Crippen molar-refractivity contribution in [2.24, 2.45) is 5.92 Å². The Bertz CT molecular complexity index is 282. The van der Waals surface area contributed by atoms with Crippen molar-refractivity contribution in [2.45, 2.75) is 52.4 Å². The van der Waals surface area contributed by atoms with E-state index in [9.17, 15) is 9.36 Å². The Morgan fingerprint density at radius 1 is 1.16 bits per heavy atom. The van der Waals surface area contributed by atoms with Gasteiger partial charge in [0.15, 0.2) is 7.37 Å². The van der Waals surface area contributed by atoms with E-state index < -0.39 is 7.37 Å². The summed E-state index contributed by atoms with van der Waals surface area (Å²) >= 11 is 0. The van der Waals surface area contributed by atoms with E-state index in [0.717, 1.165) is 38.5 Å². The topological polar surface area (TPSA) is 55.4 Å². The lowest BCUT2D eigenvalue weighted by Crippen LogP contribution is -2.31. The van der Waals surface area contributed by atoms with Gasteiger partial charge in [0.2, 0.25) is 5.91 Å². The summed E-state index contributed by atoms with van der Waals surface area (Å²) in [5.74, 6) is 0.346. The van der Waals surface area contributed by atoms with Crippen LogP contribution in [-0.4, -0.2) is 32.4 Å². The van der Waals surface area contributed by atoms with Crippen LogP contribution >= 0.6 is 7.37 Å². The minimum atomic E-state index is -2.35. The van der Waals surface area contributed by atoms with Crippen LogP contribution < -0.4 is 5.32 Å². The number of unbranched alkanes of at least 4 members (excludes halogenated alkanes) is 1. The number of rotatable bonds is 11. The van der Waals surface area contributed by atoms with Crippen molar-refractivity contribution in [3.8, 4) is 0 Å². The summed E-state index contributed by atoms with van der Waals surface area (Å²) < 4.78 is 16.5. The molecule has 0 aromatic heterocycles. The van der Waals surface area contributed by atoms with Gasteiger partial charge in [-0.25, -0.2) is 0 Å². The van der Waals surface area contributed by atoms with Gasteiger partial charge in [0.05, 0.1) is 6.61 Å². The van der Waals surface area contributed by atoms with Gasteiger partial charge in [-0.3, -0.25) is 9.36 Å². The first-order valence-corrected chi connectivity index (χ1v) is 9.89. The fourth-order valence-corrected chi connectivity index (χ4v) is 2.54. The van der Waals surface area contributed by atoms with E-state index in [1.807, 2.05) is 0 Å². The Balaban J connectivity index is 3.69. The molecule has 0 fully saturated rings. The second kappa shape index (κ2) is 10.4. The monoisotopic (exact) mass is 291 g/mol. The maximum absolute atomic E-state index is 11.9. The fourth-order valence-electron chi connectivity index (χ4n) is 1.97. The highest BCUT2D eigenvalue weighted by molar-refractivity contribution is 7.57. The number of hydrogen-bond acceptors (Lipinski definition) is 3. The maximum atomic E-state index is 11.9. The molecule has 5 heteroatoms. The van der Waals surface area contributed by atoms with Gasteiger partial charge < -0.3 is 9.84 Å². The smallest absolute Gasteiger partial charge is 0.223 e. The van der Waals surface area contributed by atoms with Crippen molar-refractivity contribution in [3.63, 3.8) is 0 Å². The molecule has 0 saturated heterocycles. The average Bonchev–Trinajstić information content (AvgIpc) is 2.31. The molecule has 114 valence electrons. The molecule has 0 aliphatic heterocycles. The van der Waals surface area contributed by atoms with E-state index >= 15 is 0 Å². The molecule has 0 bridgehead atoms. The lowest BCUT2D eigenvalue weighted by Gasteiger charge is -2.15. The number of nitrogens with one attached hydrogen (secondary N) is 1. The molecule has 0 aromatic rings. The quantitative estimate of drug-likeness (QED) is 0.467. The minimum Gasteiger partial charge on any atom is -0.356 e. The third kappa shape index (κ3) is 11.2. The molecule has 1 N–H and O–H groups in total. The fraction of sp³-hybridized carbons (Fsp3) is 0.929. The third-order valence-corrected chi connectivity index (χ3v) is 3.72. The second-order valence-corrected chi connectivity index (χ2v) is 8.12. The van der Waals surface area contributed by atoms with Gasteiger partial charge in [0, 0.05) is 25.8 Å². The van der Waals surface area contributed by atoms with Crippen LogP contribution in [0.3, 0.4) is 0 Å². The number of carbonyl (C=O) groups excluding carboxylic acids is 1. The predicted octanol–water partition coefficient (Wildman–Crippen LogP) is 3.65. The van der Waals surface area contributed by atoms with Gasteiger partial charge in [-0.15, -0.1) is 0 Å². The first-order valence-electron chi connectivity index (χ1n) is 7.38. The molecule has 0 spiro atoms. The zero-order chi connectivity index (χ0) is 14.7. The van der Waals surface area contributed by atoms with Crippen LogP contribution in [0.1, 0.15) is 52.4 Å². The number of hydrogen-bond donors (Lipinski definition) is 1. The zero-order valence-electron chi connectivity index (χ0n) is 12.9. The molecule has 0 atom stereocenters. The highest BCUT2D eigenvalue weighted by Crippen LogP contribution is 2.37. The van der Waals surface area contributed by atoms with Crippen molar-refractivity contribution in [1.82, 2.24) is 5.32 Å². The van der Waals surface area contributed by atoms with Gasteiger partial charge >= 0.3 is 0 Å². The lowest BCUT2D eigenvalue weighted by atomic mass is 9.97. The maximum Gasteiger partial charge on any atom is 0.223 e. The normalized spacial score (nSPS) is 11.8. The first kappa shape index (κ1) is 18.7. The molecule has 0 rings (SSSR count). The Morgan fingerprint density at radius 2 is 1.74 bits per heavy atom. The van der Waals surface area contributed by atoms with E-state index in [0.29, 0.717) is 13.2 Å². The number of amides is 1. The van der Waals surface area contributed by atoms with E-state index in [2.05, 4.69) is 19.2 Å². The van der Waals surface area contributed by atoms with Gasteiger partial charge in [-0.1, -0.05) is 26.7 Å². The van der Waals surface area contributed by atoms with Gasteiger partial charge in [-0.2, -0.15) is 0 Å². The molecule has 0 saturated carbocycles. The minimum absolute atomic E-state index is 0.165. The van der Waals surface area contributed by atoms with E-state index in [-0.39, 0.29) is 11.8 Å².